The molecule has 0 saturated carbocycles. The Bertz CT molecular complexity index is 209. The summed E-state index contributed by atoms with van der Waals surface area (Å²) in [6.45, 7) is 4.28. The summed E-state index contributed by atoms with van der Waals surface area (Å²) in [5.41, 5.74) is 7.41. The van der Waals surface area contributed by atoms with Crippen LogP contribution in [0.1, 0.15) is 25.7 Å². The predicted molar refractivity (Wildman–Crippen MR) is 56.9 cm³/mol. The van der Waals surface area contributed by atoms with E-state index in [0.717, 1.165) is 19.6 Å². The molecular weight excluding hydrogens is 176 g/mol. The summed E-state index contributed by atoms with van der Waals surface area (Å²) < 4.78 is 5.21. The summed E-state index contributed by atoms with van der Waals surface area (Å²) in [6.07, 6.45) is 6.94. The fourth-order valence-electron chi connectivity index (χ4n) is 2.21. The molecule has 3 nitrogen and oxygen atoms in total. The minimum atomic E-state index is 0.190. The molecule has 14 heavy (non-hydrogen) atoms. The first-order valence-corrected chi connectivity index (χ1v) is 5.65. The highest BCUT2D eigenvalue weighted by molar-refractivity contribution is 5.11. The first-order chi connectivity index (χ1) is 6.86. The molecule has 2 aliphatic heterocycles. The van der Waals surface area contributed by atoms with Crippen molar-refractivity contribution in [3.63, 3.8) is 0 Å². The molecule has 0 aromatic heterocycles. The van der Waals surface area contributed by atoms with Crippen molar-refractivity contribution < 1.29 is 4.74 Å². The van der Waals surface area contributed by atoms with Crippen LogP contribution in [0.5, 0.6) is 0 Å². The Morgan fingerprint density at radius 2 is 2.14 bits per heavy atom. The molecule has 1 saturated heterocycles. The second-order valence-corrected chi connectivity index (χ2v) is 4.28. The van der Waals surface area contributed by atoms with Gasteiger partial charge in [0.05, 0.1) is 12.9 Å². The van der Waals surface area contributed by atoms with Crippen LogP contribution in [0.2, 0.25) is 0 Å². The van der Waals surface area contributed by atoms with Gasteiger partial charge in [0.1, 0.15) is 0 Å². The molecule has 2 N–H and O–H groups in total. The van der Waals surface area contributed by atoms with Crippen molar-refractivity contribution in [2.75, 3.05) is 26.2 Å². The Morgan fingerprint density at radius 3 is 2.79 bits per heavy atom. The number of nitrogens with zero attached hydrogens (tertiary/aromatic N) is 1. The van der Waals surface area contributed by atoms with Crippen molar-refractivity contribution in [1.82, 2.24) is 4.90 Å². The van der Waals surface area contributed by atoms with Crippen molar-refractivity contribution in [2.45, 2.75) is 31.7 Å². The molecule has 1 atom stereocenters. The van der Waals surface area contributed by atoms with Gasteiger partial charge in [0.2, 0.25) is 0 Å². The zero-order valence-corrected chi connectivity index (χ0v) is 8.74. The van der Waals surface area contributed by atoms with Crippen molar-refractivity contribution >= 4 is 0 Å². The molecule has 2 aliphatic rings. The Hall–Kier alpha value is -0.540. The number of nitrogens with two attached hydrogens (primary N) is 1. The third-order valence-electron chi connectivity index (χ3n) is 3.12. The molecule has 0 spiro atoms. The Morgan fingerprint density at radius 1 is 1.36 bits per heavy atom. The highest BCUT2D eigenvalue weighted by atomic mass is 16.5. The molecule has 0 amide bonds. The Labute approximate surface area is 85.9 Å². The molecule has 2 rings (SSSR count). The quantitative estimate of drug-likeness (QED) is 0.734. The van der Waals surface area contributed by atoms with E-state index in [1.54, 1.807) is 0 Å². The van der Waals surface area contributed by atoms with Crippen LogP contribution in [0, 0.1) is 0 Å². The van der Waals surface area contributed by atoms with Crippen molar-refractivity contribution in [3.8, 4) is 0 Å². The van der Waals surface area contributed by atoms with Crippen LogP contribution in [0.4, 0.5) is 0 Å². The normalized spacial score (nSPS) is 25.6. The van der Waals surface area contributed by atoms with Gasteiger partial charge in [-0.15, -0.1) is 0 Å². The summed E-state index contributed by atoms with van der Waals surface area (Å²) in [6, 6.07) is 0.190. The van der Waals surface area contributed by atoms with Crippen LogP contribution < -0.4 is 5.73 Å². The van der Waals surface area contributed by atoms with E-state index < -0.39 is 0 Å². The van der Waals surface area contributed by atoms with Gasteiger partial charge >= 0.3 is 0 Å². The van der Waals surface area contributed by atoms with Gasteiger partial charge in [-0.05, 0) is 31.5 Å². The number of rotatable bonds is 3. The third kappa shape index (κ3) is 2.49. The summed E-state index contributed by atoms with van der Waals surface area (Å²) in [4.78, 5) is 2.48. The lowest BCUT2D eigenvalue weighted by Gasteiger charge is -2.29. The lowest BCUT2D eigenvalue weighted by atomic mass is 10.1. The van der Waals surface area contributed by atoms with Gasteiger partial charge < -0.3 is 15.4 Å². The van der Waals surface area contributed by atoms with Crippen LogP contribution in [-0.4, -0.2) is 37.2 Å². The maximum atomic E-state index is 6.12. The van der Waals surface area contributed by atoms with Gasteiger partial charge in [-0.3, -0.25) is 0 Å². The molecule has 0 radical (unpaired) electrons. The van der Waals surface area contributed by atoms with E-state index in [1.165, 1.54) is 37.9 Å². The van der Waals surface area contributed by atoms with Crippen LogP contribution in [-0.2, 0) is 4.74 Å². The molecule has 0 aromatic rings. The highest BCUT2D eigenvalue weighted by Gasteiger charge is 2.18. The highest BCUT2D eigenvalue weighted by Crippen LogP contribution is 2.16. The fraction of sp³-hybridized carbons (Fsp3) is 0.818. The van der Waals surface area contributed by atoms with E-state index in [2.05, 4.69) is 4.90 Å². The molecule has 3 heteroatoms. The summed E-state index contributed by atoms with van der Waals surface area (Å²) in [5.74, 6) is 0. The molecule has 0 aromatic carbocycles. The molecule has 80 valence electrons. The Kier molecular flexibility index (Phi) is 3.43. The van der Waals surface area contributed by atoms with E-state index in [0.29, 0.717) is 0 Å². The molecule has 1 fully saturated rings. The van der Waals surface area contributed by atoms with E-state index in [1.807, 2.05) is 6.26 Å². The SMILES string of the molecule is NC(CN1CCCCC1)C1=COCC1. The van der Waals surface area contributed by atoms with Crippen LogP contribution in [0.15, 0.2) is 11.8 Å². The molecule has 0 aliphatic carbocycles. The Balaban J connectivity index is 1.77. The summed E-state index contributed by atoms with van der Waals surface area (Å²) >= 11 is 0. The van der Waals surface area contributed by atoms with E-state index in [4.69, 9.17) is 10.5 Å². The lowest BCUT2D eigenvalue weighted by molar-refractivity contribution is 0.222. The summed E-state index contributed by atoms with van der Waals surface area (Å²) in [7, 11) is 0. The number of likely N-dealkylation sites (tertiary alicyclic amines) is 1. The van der Waals surface area contributed by atoms with Crippen LogP contribution in [0.25, 0.3) is 0 Å². The molecular formula is C11H20N2O. The van der Waals surface area contributed by atoms with E-state index in [9.17, 15) is 0 Å². The second kappa shape index (κ2) is 4.80. The van der Waals surface area contributed by atoms with Crippen molar-refractivity contribution in [2.24, 2.45) is 5.73 Å². The smallest absolute Gasteiger partial charge is 0.0912 e. The fourth-order valence-corrected chi connectivity index (χ4v) is 2.21. The molecule has 2 heterocycles. The maximum absolute atomic E-state index is 6.12. The van der Waals surface area contributed by atoms with Crippen LogP contribution >= 0.6 is 0 Å². The first-order valence-electron chi connectivity index (χ1n) is 5.65. The monoisotopic (exact) mass is 196 g/mol. The standard InChI is InChI=1S/C11H20N2O/c12-11(10-4-7-14-9-10)8-13-5-2-1-3-6-13/h9,11H,1-8,12H2. The van der Waals surface area contributed by atoms with Gasteiger partial charge in [0.25, 0.3) is 0 Å². The van der Waals surface area contributed by atoms with Gasteiger partial charge in [-0.1, -0.05) is 6.42 Å². The maximum Gasteiger partial charge on any atom is 0.0912 e. The number of ether oxygens (including phenoxy) is 1. The zero-order chi connectivity index (χ0) is 9.80. The third-order valence-corrected chi connectivity index (χ3v) is 3.12. The number of hydrogen-bond donors (Lipinski definition) is 1. The zero-order valence-electron chi connectivity index (χ0n) is 8.74. The van der Waals surface area contributed by atoms with Crippen molar-refractivity contribution in [1.29, 1.82) is 0 Å². The lowest BCUT2D eigenvalue weighted by Crippen LogP contribution is -2.41. The van der Waals surface area contributed by atoms with Gasteiger partial charge in [-0.2, -0.15) is 0 Å². The van der Waals surface area contributed by atoms with E-state index in [-0.39, 0.29) is 6.04 Å². The molecule has 0 bridgehead atoms. The minimum Gasteiger partial charge on any atom is -0.501 e. The minimum absolute atomic E-state index is 0.190. The van der Waals surface area contributed by atoms with Crippen molar-refractivity contribution in [3.05, 3.63) is 11.8 Å². The molecule has 1 unspecified atom stereocenters. The first kappa shape index (κ1) is 9.99. The predicted octanol–water partition coefficient (Wildman–Crippen LogP) is 1.10. The average Bonchev–Trinajstić information content (AvgIpc) is 2.72. The largest absolute Gasteiger partial charge is 0.501 e. The van der Waals surface area contributed by atoms with Gasteiger partial charge in [0, 0.05) is 19.0 Å². The van der Waals surface area contributed by atoms with E-state index >= 15 is 0 Å². The summed E-state index contributed by atoms with van der Waals surface area (Å²) in [5, 5.41) is 0. The second-order valence-electron chi connectivity index (χ2n) is 4.28. The van der Waals surface area contributed by atoms with Crippen LogP contribution in [0.3, 0.4) is 0 Å². The topological polar surface area (TPSA) is 38.5 Å². The number of piperidine rings is 1. The average molecular weight is 196 g/mol. The number of hydrogen-bond acceptors (Lipinski definition) is 3. The van der Waals surface area contributed by atoms with Gasteiger partial charge in [0.15, 0.2) is 0 Å². The van der Waals surface area contributed by atoms with Gasteiger partial charge in [-0.25, -0.2) is 0 Å².